The minimum atomic E-state index is -0.871. The maximum atomic E-state index is 13.1. The van der Waals surface area contributed by atoms with E-state index < -0.39 is 29.7 Å². The first kappa shape index (κ1) is 15.7. The fourth-order valence-electron chi connectivity index (χ4n) is 2.98. The Morgan fingerprint density at radius 1 is 1.00 bits per heavy atom. The summed E-state index contributed by atoms with van der Waals surface area (Å²) in [5.74, 6) is -1.31. The zero-order chi connectivity index (χ0) is 17.6. The number of fused-ring (bicyclic) bond motifs is 1. The van der Waals surface area contributed by atoms with Crippen LogP contribution in [0.2, 0.25) is 5.02 Å². The monoisotopic (exact) mass is 358 g/mol. The topological polar surface area (TPSA) is 65.3 Å². The third-order valence-electron chi connectivity index (χ3n) is 4.20. The van der Waals surface area contributed by atoms with Crippen molar-refractivity contribution < 1.29 is 14.0 Å². The molecule has 4 rings (SSSR count). The Kier molecular flexibility index (Phi) is 3.73. The van der Waals surface area contributed by atoms with Gasteiger partial charge >= 0.3 is 0 Å². The van der Waals surface area contributed by atoms with E-state index in [-0.39, 0.29) is 0 Å². The summed E-state index contributed by atoms with van der Waals surface area (Å²) < 4.78 is 13.1. The molecule has 0 unspecified atom stereocenters. The fourth-order valence-corrected chi connectivity index (χ4v) is 3.10. The summed E-state index contributed by atoms with van der Waals surface area (Å²) in [6.45, 7) is 0.331. The summed E-state index contributed by atoms with van der Waals surface area (Å²) in [5, 5.41) is 10.0. The number of imide groups is 1. The van der Waals surface area contributed by atoms with Gasteiger partial charge in [0.2, 0.25) is 0 Å². The number of benzene rings is 2. The lowest BCUT2D eigenvalue weighted by Crippen LogP contribution is -2.39. The normalized spacial score (nSPS) is 22.0. The highest BCUT2D eigenvalue weighted by Crippen LogP contribution is 2.32. The molecule has 2 aliphatic rings. The third kappa shape index (κ3) is 2.66. The van der Waals surface area contributed by atoms with Crippen LogP contribution in [0, 0.1) is 5.82 Å². The minimum Gasteiger partial charge on any atom is -0.271 e. The largest absolute Gasteiger partial charge is 0.271 e. The summed E-state index contributed by atoms with van der Waals surface area (Å²) in [4.78, 5) is 26.3. The molecule has 0 saturated carbocycles. The Hall–Kier alpha value is -2.80. The third-order valence-corrected chi connectivity index (χ3v) is 4.45. The second kappa shape index (κ2) is 5.93. The molecule has 1 fully saturated rings. The SMILES string of the molecule is O=C1[C@@H]2N=NN(Cc3ccc(Cl)cc3)[C@H]2C(=O)N1c1ccc(F)cc1. The molecule has 2 aliphatic heterocycles. The zero-order valence-electron chi connectivity index (χ0n) is 12.8. The molecule has 0 spiro atoms. The van der Waals surface area contributed by atoms with E-state index in [0.717, 1.165) is 10.5 Å². The Balaban J connectivity index is 1.59. The van der Waals surface area contributed by atoms with Crippen molar-refractivity contribution in [2.75, 3.05) is 4.90 Å². The molecule has 0 aromatic heterocycles. The van der Waals surface area contributed by atoms with Crippen molar-refractivity contribution in [3.8, 4) is 0 Å². The molecular weight excluding hydrogens is 347 g/mol. The number of amides is 2. The number of hydrogen-bond acceptors (Lipinski definition) is 5. The maximum Gasteiger partial charge on any atom is 0.263 e. The molecule has 2 amide bonds. The van der Waals surface area contributed by atoms with E-state index in [1.807, 2.05) is 12.1 Å². The summed E-state index contributed by atoms with van der Waals surface area (Å²) >= 11 is 5.87. The van der Waals surface area contributed by atoms with Crippen molar-refractivity contribution >= 4 is 29.1 Å². The van der Waals surface area contributed by atoms with Crippen molar-refractivity contribution in [1.29, 1.82) is 0 Å². The number of nitrogens with zero attached hydrogens (tertiary/aromatic N) is 4. The van der Waals surface area contributed by atoms with Crippen molar-refractivity contribution in [1.82, 2.24) is 5.01 Å². The highest BCUT2D eigenvalue weighted by atomic mass is 35.5. The van der Waals surface area contributed by atoms with Gasteiger partial charge in [-0.1, -0.05) is 29.0 Å². The molecule has 2 atom stereocenters. The molecule has 25 heavy (non-hydrogen) atoms. The van der Waals surface area contributed by atoms with E-state index in [0.29, 0.717) is 17.3 Å². The molecule has 2 aromatic carbocycles. The van der Waals surface area contributed by atoms with Gasteiger partial charge in [0.25, 0.3) is 11.8 Å². The lowest BCUT2D eigenvalue weighted by atomic mass is 10.1. The predicted octanol–water partition coefficient (Wildman–Crippen LogP) is 2.97. The van der Waals surface area contributed by atoms with Crippen LogP contribution >= 0.6 is 11.6 Å². The van der Waals surface area contributed by atoms with Gasteiger partial charge in [0, 0.05) is 5.02 Å². The van der Waals surface area contributed by atoms with Gasteiger partial charge in [0.05, 0.1) is 12.2 Å². The van der Waals surface area contributed by atoms with Crippen LogP contribution < -0.4 is 4.90 Å². The van der Waals surface area contributed by atoms with Gasteiger partial charge in [-0.25, -0.2) is 9.29 Å². The van der Waals surface area contributed by atoms with Crippen LogP contribution in [0.25, 0.3) is 0 Å². The first-order valence-electron chi connectivity index (χ1n) is 7.60. The molecule has 0 radical (unpaired) electrons. The summed E-state index contributed by atoms with van der Waals surface area (Å²) in [7, 11) is 0. The molecule has 0 aliphatic carbocycles. The van der Waals surface area contributed by atoms with Crippen LogP contribution in [-0.2, 0) is 16.1 Å². The first-order chi connectivity index (χ1) is 12.0. The minimum absolute atomic E-state index is 0.326. The van der Waals surface area contributed by atoms with Crippen LogP contribution in [-0.4, -0.2) is 28.9 Å². The number of halogens is 2. The van der Waals surface area contributed by atoms with E-state index in [9.17, 15) is 14.0 Å². The van der Waals surface area contributed by atoms with E-state index in [2.05, 4.69) is 10.3 Å². The molecule has 126 valence electrons. The van der Waals surface area contributed by atoms with Gasteiger partial charge in [-0.05, 0) is 42.0 Å². The molecule has 6 nitrogen and oxygen atoms in total. The number of anilines is 1. The van der Waals surface area contributed by atoms with Crippen LogP contribution in [0.15, 0.2) is 58.9 Å². The fraction of sp³-hybridized carbons (Fsp3) is 0.176. The molecule has 8 heteroatoms. The van der Waals surface area contributed by atoms with Gasteiger partial charge < -0.3 is 0 Å². The van der Waals surface area contributed by atoms with E-state index in [1.54, 1.807) is 12.1 Å². The Morgan fingerprint density at radius 2 is 1.68 bits per heavy atom. The van der Waals surface area contributed by atoms with Crippen LogP contribution in [0.4, 0.5) is 10.1 Å². The van der Waals surface area contributed by atoms with E-state index in [4.69, 9.17) is 11.6 Å². The average Bonchev–Trinajstić information content (AvgIpc) is 3.12. The molecule has 2 heterocycles. The van der Waals surface area contributed by atoms with Crippen molar-refractivity contribution in [3.05, 3.63) is 64.9 Å². The lowest BCUT2D eigenvalue weighted by molar-refractivity contribution is -0.123. The number of rotatable bonds is 3. The summed E-state index contributed by atoms with van der Waals surface area (Å²) in [6.07, 6.45) is 0. The average molecular weight is 359 g/mol. The molecule has 1 saturated heterocycles. The summed E-state index contributed by atoms with van der Waals surface area (Å²) in [5.41, 5.74) is 1.22. The Morgan fingerprint density at radius 3 is 2.36 bits per heavy atom. The number of hydrogen-bond donors (Lipinski definition) is 0. The zero-order valence-corrected chi connectivity index (χ0v) is 13.6. The standard InChI is InChI=1S/C17H12ClFN4O2/c18-11-3-1-10(2-4-11)9-22-15-14(20-21-22)16(24)23(17(15)25)13-7-5-12(19)6-8-13/h1-8,14-15H,9H2/t14-,15-/m1/s1. The summed E-state index contributed by atoms with van der Waals surface area (Å²) in [6, 6.07) is 10.7. The molecule has 2 aromatic rings. The van der Waals surface area contributed by atoms with Gasteiger partial charge in [-0.3, -0.25) is 14.6 Å². The smallest absolute Gasteiger partial charge is 0.263 e. The van der Waals surface area contributed by atoms with Crippen LogP contribution in [0.1, 0.15) is 5.56 Å². The van der Waals surface area contributed by atoms with Gasteiger partial charge in [0.1, 0.15) is 5.82 Å². The van der Waals surface area contributed by atoms with Crippen molar-refractivity contribution in [2.24, 2.45) is 10.3 Å². The maximum absolute atomic E-state index is 13.1. The second-order valence-corrected chi connectivity index (χ2v) is 6.24. The quantitative estimate of drug-likeness (QED) is 0.792. The Labute approximate surface area is 147 Å². The first-order valence-corrected chi connectivity index (χ1v) is 7.97. The van der Waals surface area contributed by atoms with Crippen molar-refractivity contribution in [2.45, 2.75) is 18.6 Å². The Bertz CT molecular complexity index is 869. The molecule has 0 bridgehead atoms. The number of carbonyl (C=O) groups is 2. The van der Waals surface area contributed by atoms with Gasteiger partial charge in [0.15, 0.2) is 12.1 Å². The van der Waals surface area contributed by atoms with E-state index >= 15 is 0 Å². The second-order valence-electron chi connectivity index (χ2n) is 5.81. The highest BCUT2D eigenvalue weighted by Gasteiger charge is 2.54. The number of carbonyl (C=O) groups excluding carboxylic acids is 2. The van der Waals surface area contributed by atoms with Crippen molar-refractivity contribution in [3.63, 3.8) is 0 Å². The van der Waals surface area contributed by atoms with Gasteiger partial charge in [-0.2, -0.15) is 5.11 Å². The highest BCUT2D eigenvalue weighted by molar-refractivity contribution is 6.30. The molecular formula is C17H12ClFN4O2. The molecule has 0 N–H and O–H groups in total. The van der Waals surface area contributed by atoms with E-state index in [1.165, 1.54) is 29.3 Å². The van der Waals surface area contributed by atoms with Crippen LogP contribution in [0.3, 0.4) is 0 Å². The van der Waals surface area contributed by atoms with Crippen LogP contribution in [0.5, 0.6) is 0 Å². The van der Waals surface area contributed by atoms with Gasteiger partial charge in [-0.15, -0.1) is 0 Å². The lowest BCUT2D eigenvalue weighted by Gasteiger charge is -2.20. The predicted molar refractivity (Wildman–Crippen MR) is 88.3 cm³/mol.